The molecule has 0 aromatic heterocycles. The van der Waals surface area contributed by atoms with Crippen molar-refractivity contribution in [3.05, 3.63) is 84.8 Å². The average molecular weight is 254 g/mol. The molecule has 0 nitrogen and oxygen atoms in total. The highest BCUT2D eigenvalue weighted by molar-refractivity contribution is 6.71. The lowest BCUT2D eigenvalue weighted by atomic mass is 9.64. The molecule has 0 aliphatic carbocycles. The maximum absolute atomic E-state index is 4.18. The fourth-order valence-corrected chi connectivity index (χ4v) is 3.22. The lowest BCUT2D eigenvalue weighted by Crippen LogP contribution is -2.21. The van der Waals surface area contributed by atoms with Gasteiger partial charge in [0.05, 0.1) is 0 Å². The van der Waals surface area contributed by atoms with E-state index in [2.05, 4.69) is 44.5 Å². The Balaban J connectivity index is 2.19. The third-order valence-corrected chi connectivity index (χ3v) is 4.16. The number of rotatable bonds is 3. The largest absolute Gasteiger partial charge is 0.193 e. The second kappa shape index (κ2) is 4.72. The van der Waals surface area contributed by atoms with Crippen molar-refractivity contribution in [2.24, 2.45) is 0 Å². The van der Waals surface area contributed by atoms with Gasteiger partial charge in [-0.05, 0) is 22.3 Å². The highest BCUT2D eigenvalue weighted by atomic mass is 14.2. The second-order valence-electron chi connectivity index (χ2n) is 5.29. The summed E-state index contributed by atoms with van der Waals surface area (Å²) >= 11 is 0. The zero-order valence-corrected chi connectivity index (χ0v) is 11.7. The van der Waals surface area contributed by atoms with Crippen LogP contribution in [0.25, 0.3) is 11.1 Å². The van der Waals surface area contributed by atoms with Crippen LogP contribution in [0.2, 0.25) is 0 Å². The van der Waals surface area contributed by atoms with Gasteiger partial charge in [0.25, 0.3) is 0 Å². The van der Waals surface area contributed by atoms with E-state index in [4.69, 9.17) is 0 Å². The first-order valence-corrected chi connectivity index (χ1v) is 6.85. The molecule has 0 spiro atoms. The maximum atomic E-state index is 4.18. The van der Waals surface area contributed by atoms with E-state index in [9.17, 15) is 0 Å². The summed E-state index contributed by atoms with van der Waals surface area (Å²) in [6.07, 6.45) is 7.79. The molecule has 0 fully saturated rings. The summed E-state index contributed by atoms with van der Waals surface area (Å²) in [4.78, 5) is 0. The SMILES string of the molecule is C=C/C=C1\C(=C)Bc2cc3c(cc21)BC(C=C)=C3C=C. The summed E-state index contributed by atoms with van der Waals surface area (Å²) in [7, 11) is 1.87. The Labute approximate surface area is 122 Å². The molecule has 3 rings (SSSR count). The van der Waals surface area contributed by atoms with Gasteiger partial charge in [0.15, 0.2) is 14.6 Å². The molecule has 2 heterocycles. The Kier molecular flexibility index (Phi) is 3.02. The van der Waals surface area contributed by atoms with Gasteiger partial charge >= 0.3 is 0 Å². The summed E-state index contributed by atoms with van der Waals surface area (Å²) in [5, 5.41) is 0. The fraction of sp³-hybridized carbons (Fsp3) is 0. The van der Waals surface area contributed by atoms with Crippen LogP contribution in [0.5, 0.6) is 0 Å². The molecule has 2 aliphatic heterocycles. The van der Waals surface area contributed by atoms with Crippen LogP contribution in [0.3, 0.4) is 0 Å². The topological polar surface area (TPSA) is 0 Å². The van der Waals surface area contributed by atoms with E-state index in [-0.39, 0.29) is 0 Å². The Morgan fingerprint density at radius 1 is 0.900 bits per heavy atom. The minimum Gasteiger partial charge on any atom is -0.104 e. The Morgan fingerprint density at radius 2 is 1.60 bits per heavy atom. The van der Waals surface area contributed by atoms with Gasteiger partial charge in [-0.1, -0.05) is 78.0 Å². The van der Waals surface area contributed by atoms with Crippen molar-refractivity contribution in [1.82, 2.24) is 0 Å². The summed E-state index contributed by atoms with van der Waals surface area (Å²) in [5.41, 5.74) is 10.2. The Morgan fingerprint density at radius 3 is 2.25 bits per heavy atom. The predicted octanol–water partition coefficient (Wildman–Crippen LogP) is 2.00. The van der Waals surface area contributed by atoms with Crippen molar-refractivity contribution < 1.29 is 0 Å². The van der Waals surface area contributed by atoms with Crippen LogP contribution in [-0.4, -0.2) is 14.6 Å². The quantitative estimate of drug-likeness (QED) is 0.723. The molecule has 2 heteroatoms. The molecule has 1 aromatic carbocycles. The molecule has 2 aliphatic rings. The van der Waals surface area contributed by atoms with Crippen LogP contribution in [-0.2, 0) is 0 Å². The van der Waals surface area contributed by atoms with E-state index in [1.54, 1.807) is 0 Å². The zero-order chi connectivity index (χ0) is 14.3. The van der Waals surface area contributed by atoms with Crippen molar-refractivity contribution in [2.45, 2.75) is 0 Å². The minimum absolute atomic E-state index is 0.927. The van der Waals surface area contributed by atoms with E-state index in [1.807, 2.05) is 18.2 Å². The third-order valence-electron chi connectivity index (χ3n) is 4.16. The number of hydrogen-bond donors (Lipinski definition) is 0. The Hall–Kier alpha value is -2.21. The van der Waals surface area contributed by atoms with Gasteiger partial charge < -0.3 is 0 Å². The van der Waals surface area contributed by atoms with Gasteiger partial charge in [0, 0.05) is 0 Å². The van der Waals surface area contributed by atoms with Gasteiger partial charge in [0.1, 0.15) is 0 Å². The van der Waals surface area contributed by atoms with Crippen molar-refractivity contribution in [2.75, 3.05) is 0 Å². The second-order valence-corrected chi connectivity index (χ2v) is 5.29. The van der Waals surface area contributed by atoms with Crippen LogP contribution in [0.15, 0.2) is 73.7 Å². The lowest BCUT2D eigenvalue weighted by Gasteiger charge is -2.08. The molecule has 0 amide bonds. The molecule has 0 saturated carbocycles. The first-order valence-electron chi connectivity index (χ1n) is 6.85. The summed E-state index contributed by atoms with van der Waals surface area (Å²) in [6, 6.07) is 4.60. The highest BCUT2D eigenvalue weighted by Gasteiger charge is 2.26. The molecule has 0 saturated heterocycles. The molecular formula is C18H16B2. The van der Waals surface area contributed by atoms with Gasteiger partial charge in [-0.15, -0.1) is 6.58 Å². The minimum atomic E-state index is 0.927. The van der Waals surface area contributed by atoms with Crippen molar-refractivity contribution in [3.8, 4) is 0 Å². The van der Waals surface area contributed by atoms with Gasteiger partial charge in [-0.3, -0.25) is 0 Å². The van der Waals surface area contributed by atoms with E-state index < -0.39 is 0 Å². The standard InChI is InChI=1S/C18H16B2/c1-5-8-13-11(4)19-17-9-14-12(6-2)16(7-3)20-18(14)10-15(13)17/h5-10,19-20H,1-4H2/b13-8+. The smallest absolute Gasteiger partial charge is 0.104 e. The summed E-state index contributed by atoms with van der Waals surface area (Å²) in [5.74, 6) is 0. The Bertz CT molecular complexity index is 730. The molecule has 94 valence electrons. The van der Waals surface area contributed by atoms with Crippen molar-refractivity contribution in [3.63, 3.8) is 0 Å². The number of fused-ring (bicyclic) bond motifs is 2. The van der Waals surface area contributed by atoms with Crippen LogP contribution in [0.4, 0.5) is 0 Å². The monoisotopic (exact) mass is 254 g/mol. The van der Waals surface area contributed by atoms with E-state index in [1.165, 1.54) is 44.1 Å². The average Bonchev–Trinajstić information content (AvgIpc) is 2.94. The van der Waals surface area contributed by atoms with E-state index in [0.717, 1.165) is 14.6 Å². The predicted molar refractivity (Wildman–Crippen MR) is 94.6 cm³/mol. The van der Waals surface area contributed by atoms with Crippen LogP contribution >= 0.6 is 0 Å². The normalized spacial score (nSPS) is 17.4. The molecule has 0 unspecified atom stereocenters. The maximum Gasteiger partial charge on any atom is 0.193 e. The van der Waals surface area contributed by atoms with Gasteiger partial charge in [-0.2, -0.15) is 0 Å². The van der Waals surface area contributed by atoms with Crippen molar-refractivity contribution >= 4 is 36.6 Å². The molecular weight excluding hydrogens is 238 g/mol. The molecule has 0 N–H and O–H groups in total. The molecule has 0 radical (unpaired) electrons. The zero-order valence-electron chi connectivity index (χ0n) is 11.7. The first-order chi connectivity index (χ1) is 9.69. The van der Waals surface area contributed by atoms with Gasteiger partial charge in [0.2, 0.25) is 0 Å². The van der Waals surface area contributed by atoms with Crippen LogP contribution in [0.1, 0.15) is 11.1 Å². The van der Waals surface area contributed by atoms with Crippen LogP contribution < -0.4 is 10.9 Å². The third kappa shape index (κ3) is 1.72. The van der Waals surface area contributed by atoms with Crippen molar-refractivity contribution in [1.29, 1.82) is 0 Å². The fourth-order valence-electron chi connectivity index (χ4n) is 3.22. The molecule has 0 bridgehead atoms. The number of benzene rings is 1. The highest BCUT2D eigenvalue weighted by Crippen LogP contribution is 2.30. The lowest BCUT2D eigenvalue weighted by molar-refractivity contribution is 1.69. The summed E-state index contributed by atoms with van der Waals surface area (Å²) < 4.78 is 0. The van der Waals surface area contributed by atoms with E-state index >= 15 is 0 Å². The molecule has 20 heavy (non-hydrogen) atoms. The number of allylic oxidation sites excluding steroid dienone is 8. The first kappa shape index (κ1) is 12.8. The molecule has 1 aromatic rings. The number of hydrogen-bond acceptors (Lipinski definition) is 0. The van der Waals surface area contributed by atoms with Crippen LogP contribution in [0, 0.1) is 0 Å². The van der Waals surface area contributed by atoms with E-state index in [0.29, 0.717) is 0 Å². The molecule has 0 atom stereocenters. The summed E-state index contributed by atoms with van der Waals surface area (Å²) in [6.45, 7) is 15.8. The van der Waals surface area contributed by atoms with Gasteiger partial charge in [-0.25, -0.2) is 0 Å².